The van der Waals surface area contributed by atoms with Crippen molar-refractivity contribution >= 4 is 17.5 Å². The van der Waals surface area contributed by atoms with Crippen molar-refractivity contribution < 1.29 is 14.8 Å². The average molecular weight is 265 g/mol. The highest BCUT2D eigenvalue weighted by Crippen LogP contribution is 2.24. The average Bonchev–Trinajstić information content (AvgIpc) is 2.34. The van der Waals surface area contributed by atoms with Crippen LogP contribution in [0.2, 0.25) is 0 Å². The van der Waals surface area contributed by atoms with Crippen LogP contribution < -0.4 is 4.90 Å². The van der Waals surface area contributed by atoms with Crippen molar-refractivity contribution in [1.29, 1.82) is 0 Å². The molecule has 1 aromatic rings. The van der Waals surface area contributed by atoms with Crippen LogP contribution in [-0.4, -0.2) is 33.6 Å². The van der Waals surface area contributed by atoms with Crippen LogP contribution in [0.4, 0.5) is 11.5 Å². The normalized spacial score (nSPS) is 10.3. The quantitative estimate of drug-likeness (QED) is 0.480. The lowest BCUT2D eigenvalue weighted by Crippen LogP contribution is -2.33. The molecule has 0 aromatic carbocycles. The van der Waals surface area contributed by atoms with Gasteiger partial charge in [-0.05, 0) is 13.8 Å². The molecule has 0 saturated heterocycles. The Balaban J connectivity index is 3.36. The second kappa shape index (κ2) is 5.94. The van der Waals surface area contributed by atoms with Crippen LogP contribution in [0.15, 0.2) is 24.9 Å². The first-order valence-electron chi connectivity index (χ1n) is 5.63. The smallest absolute Gasteiger partial charge is 0.339 e. The Morgan fingerprint density at radius 2 is 2.32 bits per heavy atom. The minimum absolute atomic E-state index is 0.00921. The monoisotopic (exact) mass is 265 g/mol. The molecule has 0 fully saturated rings. The molecular weight excluding hydrogens is 250 g/mol. The molecule has 0 aliphatic rings. The summed E-state index contributed by atoms with van der Waals surface area (Å²) in [6, 6.07) is 1.01. The zero-order valence-electron chi connectivity index (χ0n) is 10.7. The zero-order valence-corrected chi connectivity index (χ0v) is 10.7. The zero-order chi connectivity index (χ0) is 14.6. The molecule has 0 bridgehead atoms. The lowest BCUT2D eigenvalue weighted by atomic mass is 10.2. The van der Waals surface area contributed by atoms with Gasteiger partial charge in [-0.1, -0.05) is 6.08 Å². The number of hydrogen-bond acceptors (Lipinski definition) is 5. The van der Waals surface area contributed by atoms with E-state index in [9.17, 15) is 14.9 Å². The number of nitro groups is 1. The number of carbonyl (C=O) groups is 1. The summed E-state index contributed by atoms with van der Waals surface area (Å²) >= 11 is 0. The number of anilines is 1. The van der Waals surface area contributed by atoms with E-state index in [2.05, 4.69) is 11.6 Å². The molecule has 7 nitrogen and oxygen atoms in total. The summed E-state index contributed by atoms with van der Waals surface area (Å²) < 4.78 is 0. The van der Waals surface area contributed by atoms with Crippen molar-refractivity contribution in [2.45, 2.75) is 19.9 Å². The van der Waals surface area contributed by atoms with Gasteiger partial charge in [0.05, 0.1) is 4.92 Å². The summed E-state index contributed by atoms with van der Waals surface area (Å²) in [6.07, 6.45) is 2.68. The summed E-state index contributed by atoms with van der Waals surface area (Å²) in [5, 5.41) is 19.8. The molecule has 0 unspecified atom stereocenters. The van der Waals surface area contributed by atoms with Gasteiger partial charge >= 0.3 is 5.97 Å². The van der Waals surface area contributed by atoms with E-state index >= 15 is 0 Å². The standard InChI is InChI=1S/C12H15N3O4/c1-4-5-14(8(2)3)11-10(12(16)17)6-9(7-13-11)15(18)19/h4,6-8H,1,5H2,2-3H3,(H,16,17). The fraction of sp³-hybridized carbons (Fsp3) is 0.333. The molecule has 0 aliphatic carbocycles. The molecule has 19 heavy (non-hydrogen) atoms. The molecule has 0 amide bonds. The summed E-state index contributed by atoms with van der Waals surface area (Å²) in [5.74, 6) is -1.05. The van der Waals surface area contributed by atoms with Crippen LogP contribution in [0.5, 0.6) is 0 Å². The maximum absolute atomic E-state index is 11.2. The molecule has 1 aromatic heterocycles. The maximum Gasteiger partial charge on any atom is 0.339 e. The Morgan fingerprint density at radius 1 is 1.68 bits per heavy atom. The number of aromatic nitrogens is 1. The van der Waals surface area contributed by atoms with Crippen LogP contribution in [0.1, 0.15) is 24.2 Å². The number of nitrogens with zero attached hydrogens (tertiary/aromatic N) is 3. The van der Waals surface area contributed by atoms with Crippen molar-refractivity contribution in [2.75, 3.05) is 11.4 Å². The molecule has 1 rings (SSSR count). The summed E-state index contributed by atoms with van der Waals surface area (Å²) in [7, 11) is 0. The van der Waals surface area contributed by atoms with Crippen LogP contribution >= 0.6 is 0 Å². The molecule has 0 spiro atoms. The van der Waals surface area contributed by atoms with Crippen molar-refractivity contribution in [3.05, 3.63) is 40.6 Å². The Labute approximate surface area is 110 Å². The van der Waals surface area contributed by atoms with Crippen LogP contribution in [-0.2, 0) is 0 Å². The summed E-state index contributed by atoms with van der Waals surface area (Å²) in [4.78, 5) is 26.8. The van der Waals surface area contributed by atoms with Crippen LogP contribution in [0, 0.1) is 10.1 Å². The van der Waals surface area contributed by atoms with Gasteiger partial charge in [-0.25, -0.2) is 9.78 Å². The number of rotatable bonds is 6. The van der Waals surface area contributed by atoms with E-state index in [1.54, 1.807) is 11.0 Å². The highest BCUT2D eigenvalue weighted by Gasteiger charge is 2.22. The third-order valence-corrected chi connectivity index (χ3v) is 2.51. The summed E-state index contributed by atoms with van der Waals surface area (Å²) in [6.45, 7) is 7.76. The first-order chi connectivity index (χ1) is 8.88. The molecule has 0 aliphatic heterocycles. The maximum atomic E-state index is 11.2. The van der Waals surface area contributed by atoms with E-state index in [1.165, 1.54) is 0 Å². The first kappa shape index (κ1) is 14.6. The predicted octanol–water partition coefficient (Wildman–Crippen LogP) is 2.09. The highest BCUT2D eigenvalue weighted by atomic mass is 16.6. The Morgan fingerprint density at radius 3 is 2.74 bits per heavy atom. The molecule has 0 saturated carbocycles. The van der Waals surface area contributed by atoms with E-state index in [4.69, 9.17) is 5.11 Å². The first-order valence-corrected chi connectivity index (χ1v) is 5.63. The van der Waals surface area contributed by atoms with Gasteiger partial charge in [0.15, 0.2) is 0 Å². The largest absolute Gasteiger partial charge is 0.478 e. The minimum atomic E-state index is -1.25. The van der Waals surface area contributed by atoms with Crippen molar-refractivity contribution in [3.63, 3.8) is 0 Å². The molecule has 1 heterocycles. The number of hydrogen-bond donors (Lipinski definition) is 1. The highest BCUT2D eigenvalue weighted by molar-refractivity contribution is 5.94. The van der Waals surface area contributed by atoms with Gasteiger partial charge in [0.2, 0.25) is 0 Å². The lowest BCUT2D eigenvalue weighted by Gasteiger charge is -2.27. The second-order valence-corrected chi connectivity index (χ2v) is 4.16. The molecule has 0 atom stereocenters. The third-order valence-electron chi connectivity index (χ3n) is 2.51. The van der Waals surface area contributed by atoms with Crippen molar-refractivity contribution in [1.82, 2.24) is 4.98 Å². The van der Waals surface area contributed by atoms with Gasteiger partial charge in [-0.3, -0.25) is 10.1 Å². The number of carboxylic acid groups (broad SMARTS) is 1. The molecule has 7 heteroatoms. The third kappa shape index (κ3) is 3.27. The van der Waals surface area contributed by atoms with Gasteiger partial charge in [0, 0.05) is 18.7 Å². The molecular formula is C12H15N3O4. The SMILES string of the molecule is C=CCN(c1ncc([N+](=O)[O-])cc1C(=O)O)C(C)C. The van der Waals surface area contributed by atoms with Gasteiger partial charge in [0.1, 0.15) is 17.6 Å². The Bertz CT molecular complexity index is 514. The van der Waals surface area contributed by atoms with Crippen molar-refractivity contribution in [2.24, 2.45) is 0 Å². The van der Waals surface area contributed by atoms with E-state index in [0.717, 1.165) is 12.3 Å². The second-order valence-electron chi connectivity index (χ2n) is 4.16. The molecule has 0 radical (unpaired) electrons. The fourth-order valence-electron chi connectivity index (χ4n) is 1.61. The van der Waals surface area contributed by atoms with Crippen molar-refractivity contribution in [3.8, 4) is 0 Å². The van der Waals surface area contributed by atoms with Gasteiger partial charge in [0.25, 0.3) is 5.69 Å². The summed E-state index contributed by atoms with van der Waals surface area (Å²) in [5.41, 5.74) is -0.534. The molecule has 1 N–H and O–H groups in total. The van der Waals surface area contributed by atoms with Gasteiger partial charge in [-0.2, -0.15) is 0 Å². The number of carboxylic acids is 1. The van der Waals surface area contributed by atoms with Gasteiger partial charge < -0.3 is 10.0 Å². The minimum Gasteiger partial charge on any atom is -0.478 e. The Kier molecular flexibility index (Phi) is 4.57. The number of aromatic carboxylic acids is 1. The van der Waals surface area contributed by atoms with Gasteiger partial charge in [-0.15, -0.1) is 6.58 Å². The molecule has 102 valence electrons. The topological polar surface area (TPSA) is 96.6 Å². The Hall–Kier alpha value is -2.44. The fourth-order valence-corrected chi connectivity index (χ4v) is 1.61. The predicted molar refractivity (Wildman–Crippen MR) is 70.5 cm³/mol. The van der Waals surface area contributed by atoms with E-state index in [-0.39, 0.29) is 23.1 Å². The van der Waals surface area contributed by atoms with E-state index in [0.29, 0.717) is 6.54 Å². The van der Waals surface area contributed by atoms with E-state index < -0.39 is 10.9 Å². The van der Waals surface area contributed by atoms with E-state index in [1.807, 2.05) is 13.8 Å². The van der Waals surface area contributed by atoms with Crippen LogP contribution in [0.3, 0.4) is 0 Å². The number of pyridine rings is 1. The van der Waals surface area contributed by atoms with Crippen LogP contribution in [0.25, 0.3) is 0 Å². The lowest BCUT2D eigenvalue weighted by molar-refractivity contribution is -0.385.